The zero-order chi connectivity index (χ0) is 10.8. The zero-order valence-electron chi connectivity index (χ0n) is 7.41. The van der Waals surface area contributed by atoms with Crippen LogP contribution in [0.5, 0.6) is 0 Å². The van der Waals surface area contributed by atoms with Gasteiger partial charge in [-0.15, -0.1) is 0 Å². The predicted molar refractivity (Wildman–Crippen MR) is 52.3 cm³/mol. The van der Waals surface area contributed by atoms with Crippen LogP contribution >= 0.6 is 11.6 Å². The van der Waals surface area contributed by atoms with E-state index in [0.717, 1.165) is 6.07 Å². The molecule has 1 aromatic carbocycles. The number of rotatable bonds is 2. The molecule has 0 aliphatic rings. The first kappa shape index (κ1) is 9.86. The average Bonchev–Trinajstić information content (AvgIpc) is 2.74. The Morgan fingerprint density at radius 1 is 1.47 bits per heavy atom. The molecule has 1 aromatic heterocycles. The Labute approximate surface area is 89.5 Å². The number of nitrogens with zero attached hydrogens (tertiary/aromatic N) is 1. The van der Waals surface area contributed by atoms with Crippen molar-refractivity contribution in [3.8, 4) is 11.3 Å². The van der Waals surface area contributed by atoms with Crippen molar-refractivity contribution in [2.24, 2.45) is 0 Å². The highest BCUT2D eigenvalue weighted by Gasteiger charge is 2.16. The molecular weight excluding hydrogens is 221 g/mol. The third-order valence-corrected chi connectivity index (χ3v) is 2.25. The highest BCUT2D eigenvalue weighted by molar-refractivity contribution is 6.33. The molecule has 3 nitrogen and oxygen atoms in total. The number of benzene rings is 1. The first-order valence-electron chi connectivity index (χ1n) is 4.06. The molecule has 0 bridgehead atoms. The molecule has 0 radical (unpaired) electrons. The summed E-state index contributed by atoms with van der Waals surface area (Å²) in [7, 11) is 0. The smallest absolute Gasteiger partial charge is 0.181 e. The second-order valence-corrected chi connectivity index (χ2v) is 3.21. The fourth-order valence-corrected chi connectivity index (χ4v) is 1.53. The summed E-state index contributed by atoms with van der Waals surface area (Å²) in [5, 5.41) is 0.246. The van der Waals surface area contributed by atoms with E-state index >= 15 is 0 Å². The number of hydrogen-bond acceptors (Lipinski definition) is 3. The molecule has 2 rings (SSSR count). The molecule has 76 valence electrons. The fourth-order valence-electron chi connectivity index (χ4n) is 1.27. The first-order valence-corrected chi connectivity index (χ1v) is 4.44. The van der Waals surface area contributed by atoms with Gasteiger partial charge < -0.3 is 4.42 Å². The maximum atomic E-state index is 13.3. The summed E-state index contributed by atoms with van der Waals surface area (Å²) in [5.74, 6) is -0.373. The van der Waals surface area contributed by atoms with Crippen molar-refractivity contribution >= 4 is 17.9 Å². The van der Waals surface area contributed by atoms with E-state index in [4.69, 9.17) is 16.0 Å². The van der Waals surface area contributed by atoms with E-state index < -0.39 is 5.82 Å². The lowest BCUT2D eigenvalue weighted by Crippen LogP contribution is -1.92. The molecule has 0 spiro atoms. The lowest BCUT2D eigenvalue weighted by atomic mass is 10.1. The van der Waals surface area contributed by atoms with Crippen molar-refractivity contribution in [2.45, 2.75) is 0 Å². The van der Waals surface area contributed by atoms with Gasteiger partial charge in [-0.05, 0) is 12.1 Å². The lowest BCUT2D eigenvalue weighted by Gasteiger charge is -2.04. The summed E-state index contributed by atoms with van der Waals surface area (Å²) in [4.78, 5) is 14.4. The number of oxazole rings is 1. The van der Waals surface area contributed by atoms with E-state index in [-0.39, 0.29) is 21.9 Å². The molecule has 0 unspecified atom stereocenters. The molecule has 0 saturated carbocycles. The number of carbonyl (C=O) groups excluding carboxylic acids is 1. The summed E-state index contributed by atoms with van der Waals surface area (Å²) in [6.07, 6.45) is 2.96. The lowest BCUT2D eigenvalue weighted by molar-refractivity contribution is 0.112. The molecule has 0 N–H and O–H groups in total. The van der Waals surface area contributed by atoms with Crippen molar-refractivity contribution < 1.29 is 13.6 Å². The highest BCUT2D eigenvalue weighted by atomic mass is 35.5. The van der Waals surface area contributed by atoms with Crippen LogP contribution in [0.1, 0.15) is 10.4 Å². The Morgan fingerprint density at radius 2 is 2.27 bits per heavy atom. The van der Waals surface area contributed by atoms with Crippen LogP contribution in [0.15, 0.2) is 29.1 Å². The van der Waals surface area contributed by atoms with Gasteiger partial charge in [0.1, 0.15) is 5.82 Å². The van der Waals surface area contributed by atoms with Gasteiger partial charge in [0, 0.05) is 0 Å². The molecule has 0 saturated heterocycles. The summed E-state index contributed by atoms with van der Waals surface area (Å²) in [5.41, 5.74) is 0.100. The van der Waals surface area contributed by atoms with Crippen molar-refractivity contribution in [1.29, 1.82) is 0 Å². The van der Waals surface area contributed by atoms with Crippen molar-refractivity contribution in [1.82, 2.24) is 4.98 Å². The molecule has 2 aromatic rings. The van der Waals surface area contributed by atoms with Gasteiger partial charge in [0.15, 0.2) is 18.4 Å². The molecule has 0 aliphatic carbocycles. The fraction of sp³-hybridized carbons (Fsp3) is 0. The van der Waals surface area contributed by atoms with Gasteiger partial charge in [-0.1, -0.05) is 11.6 Å². The van der Waals surface area contributed by atoms with Crippen LogP contribution in [0.2, 0.25) is 5.02 Å². The van der Waals surface area contributed by atoms with Crippen molar-refractivity contribution in [3.05, 3.63) is 41.1 Å². The number of carbonyl (C=O) groups is 1. The largest absolute Gasteiger partial charge is 0.443 e. The van der Waals surface area contributed by atoms with Gasteiger partial charge in [-0.25, -0.2) is 9.37 Å². The van der Waals surface area contributed by atoms with Crippen molar-refractivity contribution in [2.75, 3.05) is 0 Å². The van der Waals surface area contributed by atoms with Gasteiger partial charge in [0.05, 0.1) is 22.3 Å². The number of hydrogen-bond donors (Lipinski definition) is 0. The minimum atomic E-state index is -0.638. The van der Waals surface area contributed by atoms with Crippen LogP contribution in [-0.2, 0) is 0 Å². The summed E-state index contributed by atoms with van der Waals surface area (Å²) >= 11 is 5.86. The molecular formula is C10H5ClFNO2. The predicted octanol–water partition coefficient (Wildman–Crippen LogP) is 2.95. The Balaban J connectivity index is 2.74. The van der Waals surface area contributed by atoms with Crippen molar-refractivity contribution in [3.63, 3.8) is 0 Å². The van der Waals surface area contributed by atoms with Gasteiger partial charge in [-0.2, -0.15) is 0 Å². The Morgan fingerprint density at radius 3 is 2.87 bits per heavy atom. The van der Waals surface area contributed by atoms with Crippen LogP contribution in [0.25, 0.3) is 11.3 Å². The molecule has 0 aliphatic heterocycles. The standard InChI is InChI=1S/C10H5ClFNO2/c11-7-1-2-8(12)6(4-14)10(7)9-3-13-5-15-9/h1-5H. The van der Waals surface area contributed by atoms with Gasteiger partial charge in [0.2, 0.25) is 0 Å². The minimum absolute atomic E-state index is 0.126. The second-order valence-electron chi connectivity index (χ2n) is 2.80. The van der Waals surface area contributed by atoms with E-state index in [1.807, 2.05) is 0 Å². The van der Waals surface area contributed by atoms with Crippen LogP contribution in [0, 0.1) is 5.82 Å². The Hall–Kier alpha value is -1.68. The number of halogens is 2. The van der Waals surface area contributed by atoms with Gasteiger partial charge in [0.25, 0.3) is 0 Å². The van der Waals surface area contributed by atoms with Crippen LogP contribution < -0.4 is 0 Å². The van der Waals surface area contributed by atoms with E-state index in [9.17, 15) is 9.18 Å². The molecule has 5 heteroatoms. The van der Waals surface area contributed by atoms with Crippen LogP contribution in [0.3, 0.4) is 0 Å². The van der Waals surface area contributed by atoms with Gasteiger partial charge >= 0.3 is 0 Å². The third-order valence-electron chi connectivity index (χ3n) is 1.94. The Bertz CT molecular complexity index is 496. The third kappa shape index (κ3) is 1.64. The Kier molecular flexibility index (Phi) is 2.51. The van der Waals surface area contributed by atoms with Crippen LogP contribution in [0.4, 0.5) is 4.39 Å². The van der Waals surface area contributed by atoms with Gasteiger partial charge in [-0.3, -0.25) is 4.79 Å². The molecule has 15 heavy (non-hydrogen) atoms. The number of aromatic nitrogens is 1. The topological polar surface area (TPSA) is 43.1 Å². The molecule has 0 atom stereocenters. The second kappa shape index (κ2) is 3.82. The zero-order valence-corrected chi connectivity index (χ0v) is 8.16. The quantitative estimate of drug-likeness (QED) is 0.738. The maximum absolute atomic E-state index is 13.3. The summed E-state index contributed by atoms with van der Waals surface area (Å²) in [6, 6.07) is 2.49. The van der Waals surface area contributed by atoms with E-state index in [2.05, 4.69) is 4.98 Å². The van der Waals surface area contributed by atoms with E-state index in [1.54, 1.807) is 0 Å². The molecule has 1 heterocycles. The SMILES string of the molecule is O=Cc1c(F)ccc(Cl)c1-c1cnco1. The highest BCUT2D eigenvalue weighted by Crippen LogP contribution is 2.31. The van der Waals surface area contributed by atoms with E-state index in [1.165, 1.54) is 18.7 Å². The maximum Gasteiger partial charge on any atom is 0.181 e. The molecule has 0 fully saturated rings. The van der Waals surface area contributed by atoms with Crippen LogP contribution in [-0.4, -0.2) is 11.3 Å². The minimum Gasteiger partial charge on any atom is -0.443 e. The molecule has 0 amide bonds. The normalized spacial score (nSPS) is 10.3. The average molecular weight is 226 g/mol. The van der Waals surface area contributed by atoms with E-state index in [0.29, 0.717) is 6.29 Å². The summed E-state index contributed by atoms with van der Waals surface area (Å²) < 4.78 is 18.2. The monoisotopic (exact) mass is 225 g/mol. The first-order chi connectivity index (χ1) is 7.24. The summed E-state index contributed by atoms with van der Waals surface area (Å²) in [6.45, 7) is 0. The number of aldehydes is 1.